The van der Waals surface area contributed by atoms with Crippen molar-refractivity contribution in [2.75, 3.05) is 39.9 Å². The summed E-state index contributed by atoms with van der Waals surface area (Å²) in [6, 6.07) is 2.86. The van der Waals surface area contributed by atoms with Crippen LogP contribution < -0.4 is 4.74 Å². The largest absolute Gasteiger partial charge is 0.482 e. The maximum Gasteiger partial charge on any atom is 0.309 e. The number of rotatable bonds is 7. The molecule has 0 saturated carbocycles. The van der Waals surface area contributed by atoms with E-state index in [1.807, 2.05) is 0 Å². The molecule has 0 bridgehead atoms. The van der Waals surface area contributed by atoms with E-state index in [9.17, 15) is 14.4 Å². The third-order valence-electron chi connectivity index (χ3n) is 4.59. The summed E-state index contributed by atoms with van der Waals surface area (Å²) in [6.45, 7) is 2.65. The van der Waals surface area contributed by atoms with Crippen molar-refractivity contribution in [2.24, 2.45) is 5.92 Å². The molecule has 0 N–H and O–H groups in total. The average molecular weight is 466 g/mol. The van der Waals surface area contributed by atoms with Crippen LogP contribution in [0.2, 0.25) is 15.1 Å². The number of likely N-dealkylation sites (tertiary alicyclic amines) is 1. The van der Waals surface area contributed by atoms with E-state index in [1.54, 1.807) is 11.8 Å². The van der Waals surface area contributed by atoms with Crippen LogP contribution in [0.15, 0.2) is 12.1 Å². The summed E-state index contributed by atoms with van der Waals surface area (Å²) in [4.78, 5) is 39.4. The summed E-state index contributed by atoms with van der Waals surface area (Å²) in [5.41, 5.74) is 0. The van der Waals surface area contributed by atoms with Gasteiger partial charge in [0.1, 0.15) is 5.75 Å². The average Bonchev–Trinajstić information content (AvgIpc) is 2.69. The van der Waals surface area contributed by atoms with E-state index in [0.29, 0.717) is 32.5 Å². The number of hydrogen-bond acceptors (Lipinski definition) is 5. The standard InChI is InChI=1S/C19H23Cl3N2O5/c1-3-28-19(27)12-4-6-24(7-5-12)17(25)10-23(2)18(26)11-29-16-9-14(21)13(20)8-15(16)22/h8-9,12H,3-7,10-11H2,1-2H3. The maximum atomic E-state index is 12.4. The molecule has 1 aromatic rings. The SMILES string of the molecule is CCOC(=O)C1CCN(C(=O)CN(C)C(=O)COc2cc(Cl)c(Cl)cc2Cl)CC1. The minimum atomic E-state index is -0.387. The van der Waals surface area contributed by atoms with Crippen molar-refractivity contribution >= 4 is 52.6 Å². The second-order valence-electron chi connectivity index (χ2n) is 6.64. The molecule has 0 atom stereocenters. The van der Waals surface area contributed by atoms with Gasteiger partial charge in [-0.2, -0.15) is 0 Å². The minimum absolute atomic E-state index is 0.0820. The van der Waals surface area contributed by atoms with Crippen LogP contribution in [0.1, 0.15) is 19.8 Å². The zero-order valence-corrected chi connectivity index (χ0v) is 18.5. The first-order chi connectivity index (χ1) is 13.7. The molecule has 1 fully saturated rings. The summed E-state index contributed by atoms with van der Waals surface area (Å²) in [7, 11) is 1.52. The number of carbonyl (C=O) groups is 3. The van der Waals surface area contributed by atoms with Crippen LogP contribution in [0.3, 0.4) is 0 Å². The lowest BCUT2D eigenvalue weighted by molar-refractivity contribution is -0.151. The van der Waals surface area contributed by atoms with Gasteiger partial charge in [0.25, 0.3) is 5.91 Å². The number of likely N-dealkylation sites (N-methyl/N-ethyl adjacent to an activating group) is 1. The zero-order valence-electron chi connectivity index (χ0n) is 16.3. The van der Waals surface area contributed by atoms with E-state index in [2.05, 4.69) is 0 Å². The summed E-state index contributed by atoms with van der Waals surface area (Å²) in [5, 5.41) is 0.772. The van der Waals surface area contributed by atoms with Crippen molar-refractivity contribution in [1.29, 1.82) is 0 Å². The molecule has 1 heterocycles. The summed E-state index contributed by atoms with van der Waals surface area (Å²) < 4.78 is 10.4. The van der Waals surface area contributed by atoms with Gasteiger partial charge in [-0.25, -0.2) is 0 Å². The summed E-state index contributed by atoms with van der Waals surface area (Å²) >= 11 is 17.8. The molecule has 2 amide bonds. The van der Waals surface area contributed by atoms with Crippen LogP contribution in [0, 0.1) is 5.92 Å². The first-order valence-electron chi connectivity index (χ1n) is 9.18. The first kappa shape index (κ1) is 23.6. The molecule has 1 aliphatic rings. The van der Waals surface area contributed by atoms with Gasteiger partial charge in [-0.1, -0.05) is 34.8 Å². The highest BCUT2D eigenvalue weighted by molar-refractivity contribution is 6.43. The van der Waals surface area contributed by atoms with E-state index in [0.717, 1.165) is 0 Å². The number of esters is 1. The topological polar surface area (TPSA) is 76.2 Å². The second-order valence-corrected chi connectivity index (χ2v) is 7.86. The van der Waals surface area contributed by atoms with Gasteiger partial charge in [-0.05, 0) is 25.8 Å². The van der Waals surface area contributed by atoms with Crippen molar-refractivity contribution in [3.63, 3.8) is 0 Å². The second kappa shape index (κ2) is 10.9. The number of carbonyl (C=O) groups excluding carboxylic acids is 3. The lowest BCUT2D eigenvalue weighted by Gasteiger charge is -2.32. The predicted molar refractivity (Wildman–Crippen MR) is 111 cm³/mol. The fraction of sp³-hybridized carbons (Fsp3) is 0.526. The van der Waals surface area contributed by atoms with Crippen molar-refractivity contribution in [3.05, 3.63) is 27.2 Å². The van der Waals surface area contributed by atoms with E-state index < -0.39 is 0 Å². The Morgan fingerprint density at radius 1 is 1.10 bits per heavy atom. The van der Waals surface area contributed by atoms with E-state index in [-0.39, 0.29) is 57.7 Å². The third kappa shape index (κ3) is 6.66. The van der Waals surface area contributed by atoms with E-state index in [1.165, 1.54) is 24.1 Å². The Kier molecular flexibility index (Phi) is 8.86. The number of amides is 2. The molecule has 0 unspecified atom stereocenters. The van der Waals surface area contributed by atoms with Gasteiger partial charge in [0.15, 0.2) is 6.61 Å². The Morgan fingerprint density at radius 3 is 2.34 bits per heavy atom. The highest BCUT2D eigenvalue weighted by Crippen LogP contribution is 2.33. The van der Waals surface area contributed by atoms with Gasteiger partial charge < -0.3 is 19.3 Å². The van der Waals surface area contributed by atoms with Gasteiger partial charge in [-0.3, -0.25) is 14.4 Å². The molecular formula is C19H23Cl3N2O5. The van der Waals surface area contributed by atoms with Crippen LogP contribution in [0.4, 0.5) is 0 Å². The highest BCUT2D eigenvalue weighted by atomic mass is 35.5. The molecule has 1 aliphatic heterocycles. The Balaban J connectivity index is 1.80. The molecule has 10 heteroatoms. The maximum absolute atomic E-state index is 12.4. The van der Waals surface area contributed by atoms with Crippen LogP contribution in [-0.2, 0) is 19.1 Å². The molecule has 2 rings (SSSR count). The Bertz CT molecular complexity index is 766. The number of piperidine rings is 1. The van der Waals surface area contributed by atoms with Crippen molar-refractivity contribution in [2.45, 2.75) is 19.8 Å². The van der Waals surface area contributed by atoms with Gasteiger partial charge in [0.05, 0.1) is 34.1 Å². The first-order valence-corrected chi connectivity index (χ1v) is 10.3. The fourth-order valence-electron chi connectivity index (χ4n) is 2.88. The molecule has 0 aromatic heterocycles. The lowest BCUT2D eigenvalue weighted by Crippen LogP contribution is -2.46. The number of hydrogen-bond donors (Lipinski definition) is 0. The van der Waals surface area contributed by atoms with Crippen molar-refractivity contribution in [1.82, 2.24) is 9.80 Å². The number of ether oxygens (including phenoxy) is 2. The Morgan fingerprint density at radius 2 is 1.72 bits per heavy atom. The highest BCUT2D eigenvalue weighted by Gasteiger charge is 2.29. The van der Waals surface area contributed by atoms with Crippen LogP contribution in [0.5, 0.6) is 5.75 Å². The van der Waals surface area contributed by atoms with Crippen molar-refractivity contribution in [3.8, 4) is 5.75 Å². The fourth-order valence-corrected chi connectivity index (χ4v) is 3.47. The van der Waals surface area contributed by atoms with Gasteiger partial charge in [0.2, 0.25) is 5.91 Å². The molecule has 29 heavy (non-hydrogen) atoms. The number of halogens is 3. The molecule has 1 saturated heterocycles. The summed E-state index contributed by atoms with van der Waals surface area (Å²) in [5.74, 6) is -0.736. The Hall–Kier alpha value is -1.70. The zero-order chi connectivity index (χ0) is 21.6. The summed E-state index contributed by atoms with van der Waals surface area (Å²) in [6.07, 6.45) is 1.11. The minimum Gasteiger partial charge on any atom is -0.482 e. The van der Waals surface area contributed by atoms with Crippen molar-refractivity contribution < 1.29 is 23.9 Å². The smallest absolute Gasteiger partial charge is 0.309 e. The number of benzene rings is 1. The molecule has 7 nitrogen and oxygen atoms in total. The lowest BCUT2D eigenvalue weighted by atomic mass is 9.97. The van der Waals surface area contributed by atoms with E-state index in [4.69, 9.17) is 44.3 Å². The van der Waals surface area contributed by atoms with Gasteiger partial charge in [-0.15, -0.1) is 0 Å². The van der Waals surface area contributed by atoms with Crippen LogP contribution >= 0.6 is 34.8 Å². The van der Waals surface area contributed by atoms with Crippen LogP contribution in [-0.4, -0.2) is 67.5 Å². The molecular weight excluding hydrogens is 443 g/mol. The Labute approximate surface area is 184 Å². The number of nitrogens with zero attached hydrogens (tertiary/aromatic N) is 2. The van der Waals surface area contributed by atoms with Gasteiger partial charge in [0, 0.05) is 26.2 Å². The molecule has 0 aliphatic carbocycles. The molecule has 0 spiro atoms. The normalized spacial score (nSPS) is 14.4. The van der Waals surface area contributed by atoms with Crippen LogP contribution in [0.25, 0.3) is 0 Å². The molecule has 160 valence electrons. The molecule has 1 aromatic carbocycles. The quantitative estimate of drug-likeness (QED) is 0.456. The predicted octanol–water partition coefficient (Wildman–Crippen LogP) is 3.29. The monoisotopic (exact) mass is 464 g/mol. The molecule has 0 radical (unpaired) electrons. The third-order valence-corrected chi connectivity index (χ3v) is 5.61. The van der Waals surface area contributed by atoms with Gasteiger partial charge >= 0.3 is 5.97 Å². The van der Waals surface area contributed by atoms with E-state index >= 15 is 0 Å².